The zero-order valence-electron chi connectivity index (χ0n) is 11.1. The Bertz CT molecular complexity index is 464. The molecule has 0 radical (unpaired) electrons. The van der Waals surface area contributed by atoms with Gasteiger partial charge >= 0.3 is 5.97 Å². The second kappa shape index (κ2) is 3.47. The average molecular weight is 248 g/mol. The van der Waals surface area contributed by atoms with Gasteiger partial charge in [0.1, 0.15) is 0 Å². The third-order valence-electron chi connectivity index (χ3n) is 5.64. The fourth-order valence-corrected chi connectivity index (χ4v) is 4.73. The number of esters is 1. The molecule has 1 saturated carbocycles. The van der Waals surface area contributed by atoms with E-state index in [9.17, 15) is 9.90 Å². The van der Waals surface area contributed by atoms with E-state index in [4.69, 9.17) is 4.74 Å². The van der Waals surface area contributed by atoms with Crippen molar-refractivity contribution in [1.82, 2.24) is 0 Å². The molecule has 3 rings (SSSR count). The van der Waals surface area contributed by atoms with Crippen LogP contribution in [0.5, 0.6) is 0 Å². The number of carbonyl (C=O) groups excluding carboxylic acids is 1. The summed E-state index contributed by atoms with van der Waals surface area (Å²) in [6.45, 7) is 4.30. The highest BCUT2D eigenvalue weighted by atomic mass is 16.5. The van der Waals surface area contributed by atoms with Crippen molar-refractivity contribution in [1.29, 1.82) is 0 Å². The summed E-state index contributed by atoms with van der Waals surface area (Å²) in [5.41, 5.74) is 0.674. The molecule has 0 aromatic heterocycles. The first kappa shape index (κ1) is 12.0. The Hall–Kier alpha value is -1.09. The van der Waals surface area contributed by atoms with Crippen molar-refractivity contribution in [2.24, 2.45) is 22.7 Å². The predicted octanol–water partition coefficient (Wildman–Crippen LogP) is 2.07. The van der Waals surface area contributed by atoms with Crippen LogP contribution in [0.4, 0.5) is 0 Å². The van der Waals surface area contributed by atoms with Gasteiger partial charge in [-0.2, -0.15) is 0 Å². The summed E-state index contributed by atoms with van der Waals surface area (Å²) in [4.78, 5) is 11.9. The molecule has 0 amide bonds. The summed E-state index contributed by atoms with van der Waals surface area (Å²) in [5.74, 6) is 0.146. The van der Waals surface area contributed by atoms with Gasteiger partial charge in [-0.05, 0) is 30.1 Å². The number of hydrogen-bond acceptors (Lipinski definition) is 3. The summed E-state index contributed by atoms with van der Waals surface area (Å²) in [5, 5.41) is 10.1. The monoisotopic (exact) mass is 248 g/mol. The van der Waals surface area contributed by atoms with Crippen LogP contribution in [0.25, 0.3) is 0 Å². The van der Waals surface area contributed by atoms with E-state index in [1.165, 1.54) is 7.11 Å². The highest BCUT2D eigenvalue weighted by molar-refractivity contribution is 5.90. The molecule has 0 aromatic carbocycles. The Morgan fingerprint density at radius 1 is 1.56 bits per heavy atom. The number of aliphatic hydroxyl groups excluding tert-OH is 1. The molecule has 0 saturated heterocycles. The fourth-order valence-electron chi connectivity index (χ4n) is 4.73. The van der Waals surface area contributed by atoms with Gasteiger partial charge in [0.2, 0.25) is 0 Å². The van der Waals surface area contributed by atoms with Crippen molar-refractivity contribution in [3.63, 3.8) is 0 Å². The molecule has 0 unspecified atom stereocenters. The molecule has 1 fully saturated rings. The van der Waals surface area contributed by atoms with Crippen LogP contribution in [-0.4, -0.2) is 24.3 Å². The number of allylic oxidation sites excluding steroid dienone is 2. The van der Waals surface area contributed by atoms with E-state index in [1.807, 2.05) is 6.08 Å². The fraction of sp³-hybridized carbons (Fsp3) is 0.667. The van der Waals surface area contributed by atoms with Crippen LogP contribution in [-0.2, 0) is 9.53 Å². The minimum Gasteiger partial charge on any atom is -0.466 e. The van der Waals surface area contributed by atoms with Crippen LogP contribution >= 0.6 is 0 Å². The largest absolute Gasteiger partial charge is 0.466 e. The molecular formula is C15H20O3. The predicted molar refractivity (Wildman–Crippen MR) is 67.7 cm³/mol. The molecule has 0 bridgehead atoms. The minimum atomic E-state index is -0.361. The molecule has 0 aromatic rings. The summed E-state index contributed by atoms with van der Waals surface area (Å²) >= 11 is 0. The van der Waals surface area contributed by atoms with Crippen molar-refractivity contribution >= 4 is 5.97 Å². The maximum Gasteiger partial charge on any atom is 0.333 e. The Morgan fingerprint density at radius 2 is 2.28 bits per heavy atom. The Morgan fingerprint density at radius 3 is 2.94 bits per heavy atom. The van der Waals surface area contributed by atoms with E-state index >= 15 is 0 Å². The molecule has 0 heterocycles. The molecule has 3 heteroatoms. The van der Waals surface area contributed by atoms with Crippen LogP contribution in [0, 0.1) is 22.7 Å². The zero-order chi connectivity index (χ0) is 13.1. The molecule has 5 atom stereocenters. The molecule has 3 aliphatic rings. The summed E-state index contributed by atoms with van der Waals surface area (Å²) in [6, 6.07) is 0. The lowest BCUT2D eigenvalue weighted by atomic mass is 9.62. The number of hydrogen-bond donors (Lipinski definition) is 1. The van der Waals surface area contributed by atoms with E-state index in [-0.39, 0.29) is 34.7 Å². The smallest absolute Gasteiger partial charge is 0.333 e. The SMILES string of the molecule is COC(=O)C1=C[C@]2(C)CC[C@H]3[C@@H](O)C=C[C@]32[C@H]1C. The Kier molecular flexibility index (Phi) is 2.31. The van der Waals surface area contributed by atoms with E-state index in [0.717, 1.165) is 18.4 Å². The maximum atomic E-state index is 11.9. The van der Waals surface area contributed by atoms with Gasteiger partial charge in [0.05, 0.1) is 13.2 Å². The van der Waals surface area contributed by atoms with Crippen LogP contribution in [0.3, 0.4) is 0 Å². The van der Waals surface area contributed by atoms with Gasteiger partial charge in [-0.15, -0.1) is 0 Å². The summed E-state index contributed by atoms with van der Waals surface area (Å²) in [6.07, 6.45) is 7.87. The lowest BCUT2D eigenvalue weighted by Gasteiger charge is -2.41. The molecule has 0 aliphatic heterocycles. The summed E-state index contributed by atoms with van der Waals surface area (Å²) < 4.78 is 4.89. The number of rotatable bonds is 1. The first-order valence-electron chi connectivity index (χ1n) is 6.65. The molecule has 1 N–H and O–H groups in total. The van der Waals surface area contributed by atoms with Gasteiger partial charge in [-0.1, -0.05) is 32.1 Å². The molecular weight excluding hydrogens is 228 g/mol. The van der Waals surface area contributed by atoms with Crippen LogP contribution in [0.1, 0.15) is 26.7 Å². The second-order valence-corrected chi connectivity index (χ2v) is 6.16. The maximum absolute atomic E-state index is 11.9. The quantitative estimate of drug-likeness (QED) is 0.571. The average Bonchev–Trinajstić information content (AvgIpc) is 2.90. The van der Waals surface area contributed by atoms with Crippen molar-refractivity contribution in [3.05, 3.63) is 23.8 Å². The van der Waals surface area contributed by atoms with Gasteiger partial charge < -0.3 is 9.84 Å². The molecule has 98 valence electrons. The second-order valence-electron chi connectivity index (χ2n) is 6.16. The zero-order valence-corrected chi connectivity index (χ0v) is 11.1. The standard InChI is InChI=1S/C15H20O3/c1-9-10(13(17)18-3)8-14(2)6-4-11-12(16)5-7-15(9,11)14/h5,7-9,11-12,16H,4,6H2,1-3H3/t9-,11-,12-,14-,15-/m0/s1. The van der Waals surface area contributed by atoms with E-state index in [2.05, 4.69) is 26.0 Å². The third-order valence-corrected chi connectivity index (χ3v) is 5.64. The number of ether oxygens (including phenoxy) is 1. The topological polar surface area (TPSA) is 46.5 Å². The molecule has 3 aliphatic carbocycles. The number of carbonyl (C=O) groups is 1. The summed E-state index contributed by atoms with van der Waals surface area (Å²) in [7, 11) is 1.43. The lowest BCUT2D eigenvalue weighted by Crippen LogP contribution is -2.39. The first-order valence-corrected chi connectivity index (χ1v) is 6.65. The highest BCUT2D eigenvalue weighted by Gasteiger charge is 2.65. The van der Waals surface area contributed by atoms with Crippen molar-refractivity contribution in [2.45, 2.75) is 32.8 Å². The first-order chi connectivity index (χ1) is 8.46. The van der Waals surface area contributed by atoms with Crippen molar-refractivity contribution in [3.8, 4) is 0 Å². The van der Waals surface area contributed by atoms with E-state index < -0.39 is 0 Å². The molecule has 1 spiro atoms. The third kappa shape index (κ3) is 1.11. The normalized spacial score (nSPS) is 48.9. The van der Waals surface area contributed by atoms with Gasteiger partial charge in [0.15, 0.2) is 0 Å². The minimum absolute atomic E-state index is 0.0193. The van der Waals surface area contributed by atoms with Crippen molar-refractivity contribution in [2.75, 3.05) is 7.11 Å². The van der Waals surface area contributed by atoms with Crippen LogP contribution in [0.2, 0.25) is 0 Å². The van der Waals surface area contributed by atoms with Crippen molar-refractivity contribution < 1.29 is 14.6 Å². The van der Waals surface area contributed by atoms with Crippen LogP contribution < -0.4 is 0 Å². The highest BCUT2D eigenvalue weighted by Crippen LogP contribution is 2.69. The van der Waals surface area contributed by atoms with Gasteiger partial charge in [-0.3, -0.25) is 0 Å². The number of aliphatic hydroxyl groups is 1. The number of methoxy groups -OCH3 is 1. The van der Waals surface area contributed by atoms with Gasteiger partial charge in [0.25, 0.3) is 0 Å². The lowest BCUT2D eigenvalue weighted by molar-refractivity contribution is -0.137. The molecule has 3 nitrogen and oxygen atoms in total. The Balaban J connectivity index is 2.09. The Labute approximate surface area is 108 Å². The molecule has 18 heavy (non-hydrogen) atoms. The van der Waals surface area contributed by atoms with Gasteiger partial charge in [0, 0.05) is 11.0 Å². The van der Waals surface area contributed by atoms with Gasteiger partial charge in [-0.25, -0.2) is 4.79 Å². The van der Waals surface area contributed by atoms with Crippen LogP contribution in [0.15, 0.2) is 23.8 Å². The van der Waals surface area contributed by atoms with E-state index in [1.54, 1.807) is 0 Å². The van der Waals surface area contributed by atoms with E-state index in [0.29, 0.717) is 0 Å².